The van der Waals surface area contributed by atoms with Crippen LogP contribution in [0.4, 0.5) is 0 Å². The van der Waals surface area contributed by atoms with E-state index in [9.17, 15) is 9.59 Å². The Bertz CT molecular complexity index is 873. The second kappa shape index (κ2) is 8.40. The smallest absolute Gasteiger partial charge is 0.255 e. The van der Waals surface area contributed by atoms with Gasteiger partial charge in [0.25, 0.3) is 5.91 Å². The molecule has 0 unspecified atom stereocenters. The van der Waals surface area contributed by atoms with Crippen LogP contribution in [-0.2, 0) is 17.6 Å². The highest BCUT2D eigenvalue weighted by Gasteiger charge is 2.46. The summed E-state index contributed by atoms with van der Waals surface area (Å²) < 4.78 is 0. The molecule has 1 saturated carbocycles. The minimum atomic E-state index is -0.863. The van der Waals surface area contributed by atoms with Gasteiger partial charge in [-0.1, -0.05) is 67.8 Å². The minimum absolute atomic E-state index is 0.0136. The predicted molar refractivity (Wildman–Crippen MR) is 115 cm³/mol. The molecule has 1 aliphatic heterocycles. The van der Waals surface area contributed by atoms with Gasteiger partial charge >= 0.3 is 0 Å². The highest BCUT2D eigenvalue weighted by atomic mass is 16.2. The van der Waals surface area contributed by atoms with Gasteiger partial charge in [0.15, 0.2) is 0 Å². The Morgan fingerprint density at radius 3 is 2.48 bits per heavy atom. The lowest BCUT2D eigenvalue weighted by Crippen LogP contribution is -2.64. The SMILES string of the molecule is C[C@@]1(C(=O)NC2CCCCC2)Cc2ccccc2C(=O)N1CCc1ccccc1. The van der Waals surface area contributed by atoms with Crippen molar-refractivity contribution in [3.8, 4) is 0 Å². The van der Waals surface area contributed by atoms with Gasteiger partial charge in [-0.2, -0.15) is 0 Å². The number of rotatable bonds is 5. The van der Waals surface area contributed by atoms with Crippen molar-refractivity contribution in [1.29, 1.82) is 0 Å². The topological polar surface area (TPSA) is 49.4 Å². The molecule has 2 aromatic carbocycles. The van der Waals surface area contributed by atoms with Crippen LogP contribution in [0, 0.1) is 0 Å². The number of hydrogen-bond donors (Lipinski definition) is 1. The van der Waals surface area contributed by atoms with Gasteiger partial charge in [-0.15, -0.1) is 0 Å². The Morgan fingerprint density at radius 2 is 1.72 bits per heavy atom. The Hall–Kier alpha value is -2.62. The molecule has 1 atom stereocenters. The molecule has 0 saturated heterocycles. The van der Waals surface area contributed by atoms with E-state index in [0.29, 0.717) is 13.0 Å². The van der Waals surface area contributed by atoms with Gasteiger partial charge in [0.2, 0.25) is 5.91 Å². The maximum atomic E-state index is 13.5. The maximum absolute atomic E-state index is 13.5. The van der Waals surface area contributed by atoms with Gasteiger partial charge in [0.1, 0.15) is 5.54 Å². The molecule has 1 N–H and O–H groups in total. The first-order valence-corrected chi connectivity index (χ1v) is 10.8. The van der Waals surface area contributed by atoms with Crippen molar-refractivity contribution in [3.63, 3.8) is 0 Å². The predicted octanol–water partition coefficient (Wildman–Crippen LogP) is 4.14. The molecule has 0 aromatic heterocycles. The Balaban J connectivity index is 1.60. The van der Waals surface area contributed by atoms with Gasteiger partial charge in [0.05, 0.1) is 0 Å². The van der Waals surface area contributed by atoms with E-state index < -0.39 is 5.54 Å². The van der Waals surface area contributed by atoms with Gasteiger partial charge < -0.3 is 10.2 Å². The Kier molecular flexibility index (Phi) is 5.70. The molecule has 29 heavy (non-hydrogen) atoms. The average molecular weight is 391 g/mol. The summed E-state index contributed by atoms with van der Waals surface area (Å²) in [4.78, 5) is 28.7. The zero-order valence-corrected chi connectivity index (χ0v) is 17.2. The molecule has 1 fully saturated rings. The summed E-state index contributed by atoms with van der Waals surface area (Å²) in [6, 6.07) is 18.1. The molecule has 1 heterocycles. The molecule has 0 radical (unpaired) electrons. The number of carbonyl (C=O) groups excluding carboxylic acids is 2. The minimum Gasteiger partial charge on any atom is -0.351 e. The standard InChI is InChI=1S/C25H30N2O2/c1-25(24(29)26-21-13-6-3-7-14-21)18-20-12-8-9-15-22(20)23(28)27(25)17-16-19-10-4-2-5-11-19/h2,4-5,8-12,15,21H,3,6-7,13-14,16-18H2,1H3,(H,26,29)/t25-/m0/s1. The summed E-state index contributed by atoms with van der Waals surface area (Å²) in [5.41, 5.74) is 2.00. The quantitative estimate of drug-likeness (QED) is 0.834. The number of hydrogen-bond acceptors (Lipinski definition) is 2. The fourth-order valence-electron chi connectivity index (χ4n) is 4.74. The fourth-order valence-corrected chi connectivity index (χ4v) is 4.74. The zero-order chi connectivity index (χ0) is 20.3. The molecule has 1 aliphatic carbocycles. The van der Waals surface area contributed by atoms with Crippen molar-refractivity contribution in [3.05, 3.63) is 71.3 Å². The lowest BCUT2D eigenvalue weighted by molar-refractivity contribution is -0.132. The molecule has 2 amide bonds. The third-order valence-electron chi connectivity index (χ3n) is 6.52. The van der Waals surface area contributed by atoms with Gasteiger partial charge in [-0.05, 0) is 43.4 Å². The van der Waals surface area contributed by atoms with Crippen LogP contribution in [0.3, 0.4) is 0 Å². The van der Waals surface area contributed by atoms with Crippen molar-refractivity contribution in [2.24, 2.45) is 0 Å². The fraction of sp³-hybridized carbons (Fsp3) is 0.440. The van der Waals surface area contributed by atoms with Crippen molar-refractivity contribution in [2.75, 3.05) is 6.54 Å². The highest BCUT2D eigenvalue weighted by molar-refractivity contribution is 6.02. The molecular weight excluding hydrogens is 360 g/mol. The first kappa shape index (κ1) is 19.7. The monoisotopic (exact) mass is 390 g/mol. The van der Waals surface area contributed by atoms with E-state index in [4.69, 9.17) is 0 Å². The largest absolute Gasteiger partial charge is 0.351 e. The van der Waals surface area contributed by atoms with Crippen LogP contribution < -0.4 is 5.32 Å². The summed E-state index contributed by atoms with van der Waals surface area (Å²) in [7, 11) is 0. The van der Waals surface area contributed by atoms with Crippen molar-refractivity contribution >= 4 is 11.8 Å². The van der Waals surface area contributed by atoms with Crippen molar-refractivity contribution in [2.45, 2.75) is 63.5 Å². The number of benzene rings is 2. The van der Waals surface area contributed by atoms with Crippen LogP contribution in [0.2, 0.25) is 0 Å². The molecule has 4 nitrogen and oxygen atoms in total. The van der Waals surface area contributed by atoms with Crippen LogP contribution in [0.5, 0.6) is 0 Å². The molecule has 4 rings (SSSR count). The number of amides is 2. The van der Waals surface area contributed by atoms with Gasteiger partial charge in [-0.3, -0.25) is 9.59 Å². The summed E-state index contributed by atoms with van der Waals surface area (Å²) in [5, 5.41) is 3.28. The first-order valence-electron chi connectivity index (χ1n) is 10.8. The van der Waals surface area contributed by atoms with E-state index in [-0.39, 0.29) is 17.9 Å². The lowest BCUT2D eigenvalue weighted by Gasteiger charge is -2.45. The molecule has 0 bridgehead atoms. The van der Waals surface area contributed by atoms with Gasteiger partial charge in [0, 0.05) is 24.6 Å². The van der Waals surface area contributed by atoms with E-state index in [2.05, 4.69) is 17.4 Å². The van der Waals surface area contributed by atoms with Crippen LogP contribution in [0.1, 0.15) is 60.5 Å². The highest BCUT2D eigenvalue weighted by Crippen LogP contribution is 2.32. The van der Waals surface area contributed by atoms with Crippen LogP contribution in [0.15, 0.2) is 54.6 Å². The summed E-state index contributed by atoms with van der Waals surface area (Å²) in [5.74, 6) is -0.0515. The molecule has 152 valence electrons. The van der Waals surface area contributed by atoms with Crippen LogP contribution >= 0.6 is 0 Å². The van der Waals surface area contributed by atoms with E-state index >= 15 is 0 Å². The first-order chi connectivity index (χ1) is 14.1. The summed E-state index contributed by atoms with van der Waals surface area (Å²) in [6.07, 6.45) is 6.96. The normalized spacial score (nSPS) is 22.2. The van der Waals surface area contributed by atoms with E-state index in [1.54, 1.807) is 4.90 Å². The molecule has 2 aliphatic rings. The number of nitrogens with zero attached hydrogens (tertiary/aromatic N) is 1. The molecule has 4 heteroatoms. The van der Waals surface area contributed by atoms with Gasteiger partial charge in [-0.25, -0.2) is 0 Å². The average Bonchev–Trinajstić information content (AvgIpc) is 2.75. The van der Waals surface area contributed by atoms with Crippen molar-refractivity contribution < 1.29 is 9.59 Å². The molecular formula is C25H30N2O2. The summed E-state index contributed by atoms with van der Waals surface area (Å²) in [6.45, 7) is 2.47. The Labute approximate surface area is 173 Å². The van der Waals surface area contributed by atoms with Crippen molar-refractivity contribution in [1.82, 2.24) is 10.2 Å². The Morgan fingerprint density at radius 1 is 1.03 bits per heavy atom. The number of fused-ring (bicyclic) bond motifs is 1. The number of carbonyl (C=O) groups is 2. The molecule has 2 aromatic rings. The second-order valence-corrected chi connectivity index (χ2v) is 8.61. The lowest BCUT2D eigenvalue weighted by atomic mass is 9.82. The van der Waals surface area contributed by atoms with E-state index in [1.165, 1.54) is 24.8 Å². The summed E-state index contributed by atoms with van der Waals surface area (Å²) >= 11 is 0. The third-order valence-corrected chi connectivity index (χ3v) is 6.52. The second-order valence-electron chi connectivity index (χ2n) is 8.61. The van der Waals surface area contributed by atoms with Crippen LogP contribution in [0.25, 0.3) is 0 Å². The zero-order valence-electron chi connectivity index (χ0n) is 17.2. The maximum Gasteiger partial charge on any atom is 0.255 e. The molecule has 0 spiro atoms. The number of nitrogens with one attached hydrogen (secondary N) is 1. The third kappa shape index (κ3) is 4.07. The van der Waals surface area contributed by atoms with E-state index in [0.717, 1.165) is 30.4 Å². The van der Waals surface area contributed by atoms with Crippen LogP contribution in [-0.4, -0.2) is 34.8 Å². The van der Waals surface area contributed by atoms with E-state index in [1.807, 2.05) is 49.4 Å².